The van der Waals surface area contributed by atoms with Crippen LogP contribution in [0, 0.1) is 0 Å². The van der Waals surface area contributed by atoms with Crippen LogP contribution in [0.1, 0.15) is 19.3 Å². The van der Waals surface area contributed by atoms with Crippen LogP contribution in [-0.4, -0.2) is 37.9 Å². The molecule has 0 bridgehead atoms. The lowest BCUT2D eigenvalue weighted by atomic mass is 9.89. The predicted molar refractivity (Wildman–Crippen MR) is 51.8 cm³/mol. The summed E-state index contributed by atoms with van der Waals surface area (Å²) in [6.07, 6.45) is 4.55. The fraction of sp³-hybridized carbons (Fsp3) is 0.667. The molecule has 1 amide bonds. The molecule has 82 valence electrons. The highest BCUT2D eigenvalue weighted by Gasteiger charge is 2.27. The van der Waals surface area contributed by atoms with Gasteiger partial charge in [-0.3, -0.25) is 9.48 Å². The Labute approximate surface area is 87.3 Å². The van der Waals surface area contributed by atoms with Crippen LogP contribution in [-0.2, 0) is 11.3 Å². The minimum Gasteiger partial charge on any atom is -0.393 e. The van der Waals surface area contributed by atoms with Crippen molar-refractivity contribution in [2.45, 2.75) is 38.0 Å². The zero-order valence-corrected chi connectivity index (χ0v) is 8.33. The maximum absolute atomic E-state index is 11.4. The van der Waals surface area contributed by atoms with Gasteiger partial charge >= 0.3 is 0 Å². The van der Waals surface area contributed by atoms with Crippen LogP contribution in [0.3, 0.4) is 0 Å². The lowest BCUT2D eigenvalue weighted by Crippen LogP contribution is -2.46. The summed E-state index contributed by atoms with van der Waals surface area (Å²) in [5.41, 5.74) is 0. The van der Waals surface area contributed by atoms with Gasteiger partial charge in [-0.2, -0.15) is 5.10 Å². The second-order valence-electron chi connectivity index (χ2n) is 3.80. The number of carbonyl (C=O) groups is 1. The van der Waals surface area contributed by atoms with Gasteiger partial charge in [-0.1, -0.05) is 0 Å². The first-order chi connectivity index (χ1) is 7.24. The molecule has 1 fully saturated rings. The number of hydrogen-bond acceptors (Lipinski definition) is 4. The van der Waals surface area contributed by atoms with Crippen LogP contribution in [0.15, 0.2) is 12.7 Å². The number of aliphatic hydroxyl groups is 1. The molecule has 0 aromatic carbocycles. The molecule has 15 heavy (non-hydrogen) atoms. The van der Waals surface area contributed by atoms with Crippen molar-refractivity contribution in [3.8, 4) is 0 Å². The van der Waals surface area contributed by atoms with Gasteiger partial charge in [0.2, 0.25) is 5.91 Å². The van der Waals surface area contributed by atoms with Crippen LogP contribution in [0.25, 0.3) is 0 Å². The van der Waals surface area contributed by atoms with E-state index in [2.05, 4.69) is 15.4 Å². The summed E-state index contributed by atoms with van der Waals surface area (Å²) in [6.45, 7) is 0.543. The van der Waals surface area contributed by atoms with Crippen LogP contribution >= 0.6 is 0 Å². The normalized spacial score (nSPS) is 24.6. The molecule has 1 aromatic heterocycles. The number of rotatable bonds is 4. The van der Waals surface area contributed by atoms with Crippen molar-refractivity contribution in [2.75, 3.05) is 0 Å². The van der Waals surface area contributed by atoms with E-state index in [1.807, 2.05) is 0 Å². The highest BCUT2D eigenvalue weighted by Crippen LogP contribution is 2.19. The number of amides is 1. The van der Waals surface area contributed by atoms with Crippen molar-refractivity contribution >= 4 is 5.91 Å². The van der Waals surface area contributed by atoms with Crippen LogP contribution in [0.5, 0.6) is 0 Å². The highest BCUT2D eigenvalue weighted by molar-refractivity contribution is 5.76. The fourth-order valence-electron chi connectivity index (χ4n) is 1.57. The Hall–Kier alpha value is -1.43. The second kappa shape index (κ2) is 4.39. The van der Waals surface area contributed by atoms with Crippen molar-refractivity contribution in [3.05, 3.63) is 12.7 Å². The van der Waals surface area contributed by atoms with Gasteiger partial charge in [0.1, 0.15) is 12.7 Å². The molecule has 0 radical (unpaired) electrons. The molecule has 1 heterocycles. The van der Waals surface area contributed by atoms with Crippen molar-refractivity contribution in [2.24, 2.45) is 0 Å². The summed E-state index contributed by atoms with van der Waals surface area (Å²) >= 11 is 0. The molecule has 6 heteroatoms. The van der Waals surface area contributed by atoms with E-state index in [-0.39, 0.29) is 18.1 Å². The van der Waals surface area contributed by atoms with Gasteiger partial charge in [0.15, 0.2) is 0 Å². The Balaban J connectivity index is 1.65. The summed E-state index contributed by atoms with van der Waals surface area (Å²) in [7, 11) is 0. The molecular formula is C9H14N4O2. The third-order valence-corrected chi connectivity index (χ3v) is 2.51. The lowest BCUT2D eigenvalue weighted by Gasteiger charge is -2.31. The minimum atomic E-state index is -0.231. The molecule has 1 aliphatic rings. The van der Waals surface area contributed by atoms with E-state index in [4.69, 9.17) is 5.11 Å². The van der Waals surface area contributed by atoms with E-state index in [9.17, 15) is 4.79 Å². The van der Waals surface area contributed by atoms with Gasteiger partial charge in [-0.15, -0.1) is 0 Å². The van der Waals surface area contributed by atoms with Crippen molar-refractivity contribution in [1.29, 1.82) is 0 Å². The lowest BCUT2D eigenvalue weighted by molar-refractivity contribution is -0.123. The molecule has 1 aromatic rings. The standard InChI is InChI=1S/C9H14N4O2/c14-8-3-7(4-8)12-9(15)1-2-13-6-10-5-11-13/h5-8,14H,1-4H2,(H,12,15). The van der Waals surface area contributed by atoms with E-state index in [0.717, 1.165) is 0 Å². The molecule has 2 N–H and O–H groups in total. The number of nitrogens with zero attached hydrogens (tertiary/aromatic N) is 3. The van der Waals surface area contributed by atoms with Gasteiger partial charge in [-0.25, -0.2) is 4.98 Å². The number of aromatic nitrogens is 3. The van der Waals surface area contributed by atoms with Crippen LogP contribution in [0.4, 0.5) is 0 Å². The predicted octanol–water partition coefficient (Wildman–Crippen LogP) is -0.692. The van der Waals surface area contributed by atoms with Crippen molar-refractivity contribution in [1.82, 2.24) is 20.1 Å². The Morgan fingerprint density at radius 1 is 1.60 bits per heavy atom. The van der Waals surface area contributed by atoms with E-state index >= 15 is 0 Å². The molecule has 1 saturated carbocycles. The minimum absolute atomic E-state index is 0.00222. The summed E-state index contributed by atoms with van der Waals surface area (Å²) in [6, 6.07) is 0.156. The number of nitrogens with one attached hydrogen (secondary N) is 1. The molecule has 1 aliphatic carbocycles. The van der Waals surface area contributed by atoms with Crippen molar-refractivity contribution < 1.29 is 9.90 Å². The topological polar surface area (TPSA) is 80.0 Å². The van der Waals surface area contributed by atoms with Crippen molar-refractivity contribution in [3.63, 3.8) is 0 Å². The Morgan fingerprint density at radius 3 is 3.00 bits per heavy atom. The Morgan fingerprint density at radius 2 is 2.40 bits per heavy atom. The number of aliphatic hydroxyl groups excluding tert-OH is 1. The zero-order valence-electron chi connectivity index (χ0n) is 8.33. The van der Waals surface area contributed by atoms with Gasteiger partial charge in [0.25, 0.3) is 0 Å². The zero-order chi connectivity index (χ0) is 10.7. The molecular weight excluding hydrogens is 196 g/mol. The average Bonchev–Trinajstić information content (AvgIpc) is 2.65. The quantitative estimate of drug-likeness (QED) is 0.689. The van der Waals surface area contributed by atoms with Gasteiger partial charge in [-0.05, 0) is 12.8 Å². The van der Waals surface area contributed by atoms with Gasteiger partial charge in [0.05, 0.1) is 12.6 Å². The molecule has 0 saturated heterocycles. The van der Waals surface area contributed by atoms with Crippen LogP contribution in [0.2, 0.25) is 0 Å². The SMILES string of the molecule is O=C(CCn1cncn1)NC1CC(O)C1. The number of aryl methyl sites for hydroxylation is 1. The van der Waals surface area contributed by atoms with Crippen LogP contribution < -0.4 is 5.32 Å². The summed E-state index contributed by atoms with van der Waals surface area (Å²) < 4.78 is 1.62. The first kappa shape index (κ1) is 10.1. The highest BCUT2D eigenvalue weighted by atomic mass is 16.3. The molecule has 0 atom stereocenters. The maximum atomic E-state index is 11.4. The number of hydrogen-bond donors (Lipinski definition) is 2. The van der Waals surface area contributed by atoms with E-state index in [0.29, 0.717) is 25.8 Å². The first-order valence-electron chi connectivity index (χ1n) is 5.04. The monoisotopic (exact) mass is 210 g/mol. The Kier molecular flexibility index (Phi) is 2.96. The number of carbonyl (C=O) groups excluding carboxylic acids is 1. The van der Waals surface area contributed by atoms with E-state index in [1.54, 1.807) is 11.0 Å². The Bertz CT molecular complexity index is 319. The first-order valence-corrected chi connectivity index (χ1v) is 5.04. The summed E-state index contributed by atoms with van der Waals surface area (Å²) in [5, 5.41) is 15.8. The smallest absolute Gasteiger partial charge is 0.222 e. The summed E-state index contributed by atoms with van der Waals surface area (Å²) in [4.78, 5) is 15.2. The fourth-order valence-corrected chi connectivity index (χ4v) is 1.57. The van der Waals surface area contributed by atoms with E-state index < -0.39 is 0 Å². The molecule has 0 aliphatic heterocycles. The second-order valence-corrected chi connectivity index (χ2v) is 3.80. The van der Waals surface area contributed by atoms with E-state index in [1.165, 1.54) is 6.33 Å². The molecule has 2 rings (SSSR count). The largest absolute Gasteiger partial charge is 0.393 e. The molecule has 0 unspecified atom stereocenters. The average molecular weight is 210 g/mol. The summed E-state index contributed by atoms with van der Waals surface area (Å²) in [5.74, 6) is 0.00222. The van der Waals surface area contributed by atoms with Gasteiger partial charge in [0, 0.05) is 12.5 Å². The third-order valence-electron chi connectivity index (χ3n) is 2.51. The van der Waals surface area contributed by atoms with Gasteiger partial charge < -0.3 is 10.4 Å². The molecule has 6 nitrogen and oxygen atoms in total. The third kappa shape index (κ3) is 2.76. The molecule has 0 spiro atoms. The maximum Gasteiger partial charge on any atom is 0.222 e.